The highest BCUT2D eigenvalue weighted by molar-refractivity contribution is 7.92. The number of benzene rings is 1. The molecule has 0 spiro atoms. The first-order valence-electron chi connectivity index (χ1n) is 5.11. The van der Waals surface area contributed by atoms with Gasteiger partial charge in [0.1, 0.15) is 0 Å². The number of aromatic amines is 1. The van der Waals surface area contributed by atoms with E-state index in [0.29, 0.717) is 5.69 Å². The van der Waals surface area contributed by atoms with Gasteiger partial charge in [-0.05, 0) is 29.5 Å². The van der Waals surface area contributed by atoms with Crippen LogP contribution in [0.5, 0.6) is 0 Å². The van der Waals surface area contributed by atoms with Crippen LogP contribution in [-0.4, -0.2) is 34.9 Å². The molecule has 100 valence electrons. The van der Waals surface area contributed by atoms with Crippen LogP contribution in [0.2, 0.25) is 0 Å². The molecule has 0 unspecified atom stereocenters. The van der Waals surface area contributed by atoms with Crippen LogP contribution >= 0.6 is 0 Å². The van der Waals surface area contributed by atoms with E-state index in [-0.39, 0.29) is 16.8 Å². The van der Waals surface area contributed by atoms with Gasteiger partial charge in [-0.15, -0.1) is 5.10 Å². The lowest BCUT2D eigenvalue weighted by molar-refractivity contribution is -0.114. The highest BCUT2D eigenvalue weighted by Crippen LogP contribution is 2.15. The molecular formula is C9H10N6O3S. The minimum atomic E-state index is -3.78. The zero-order chi connectivity index (χ0) is 13.9. The van der Waals surface area contributed by atoms with Crippen molar-refractivity contribution in [2.45, 2.75) is 11.8 Å². The molecule has 0 fully saturated rings. The molecule has 0 aliphatic heterocycles. The zero-order valence-corrected chi connectivity index (χ0v) is 10.6. The molecule has 9 nitrogen and oxygen atoms in total. The van der Waals surface area contributed by atoms with E-state index in [9.17, 15) is 13.2 Å². The minimum Gasteiger partial charge on any atom is -0.326 e. The molecule has 0 atom stereocenters. The number of amides is 1. The van der Waals surface area contributed by atoms with Gasteiger partial charge in [-0.3, -0.25) is 4.79 Å². The first kappa shape index (κ1) is 13.0. The summed E-state index contributed by atoms with van der Waals surface area (Å²) in [5.41, 5.74) is 0.506. The summed E-state index contributed by atoms with van der Waals surface area (Å²) < 4.78 is 26.0. The SMILES string of the molecule is CC(=O)Nc1ccc(S(=O)(=O)Nc2nn[nH]n2)cc1. The fraction of sp³-hybridized carbons (Fsp3) is 0.111. The van der Waals surface area contributed by atoms with Crippen molar-refractivity contribution < 1.29 is 13.2 Å². The Kier molecular flexibility index (Phi) is 3.42. The Labute approximate surface area is 108 Å². The molecule has 1 heterocycles. The average Bonchev–Trinajstić information content (AvgIpc) is 2.81. The number of anilines is 2. The van der Waals surface area contributed by atoms with E-state index in [1.54, 1.807) is 0 Å². The van der Waals surface area contributed by atoms with E-state index in [4.69, 9.17) is 0 Å². The number of nitrogens with zero attached hydrogens (tertiary/aromatic N) is 3. The fourth-order valence-corrected chi connectivity index (χ4v) is 2.24. The first-order valence-corrected chi connectivity index (χ1v) is 6.59. The Balaban J connectivity index is 2.19. The number of H-pyrrole nitrogens is 1. The molecule has 1 amide bonds. The third-order valence-electron chi connectivity index (χ3n) is 2.06. The van der Waals surface area contributed by atoms with Gasteiger partial charge in [0.25, 0.3) is 16.0 Å². The molecule has 0 aliphatic rings. The molecule has 1 aromatic carbocycles. The highest BCUT2D eigenvalue weighted by Gasteiger charge is 2.16. The summed E-state index contributed by atoms with van der Waals surface area (Å²) in [4.78, 5) is 10.9. The monoisotopic (exact) mass is 282 g/mol. The van der Waals surface area contributed by atoms with Crippen molar-refractivity contribution in [3.8, 4) is 0 Å². The molecule has 19 heavy (non-hydrogen) atoms. The van der Waals surface area contributed by atoms with Crippen molar-refractivity contribution in [3.63, 3.8) is 0 Å². The van der Waals surface area contributed by atoms with Crippen LogP contribution in [0.4, 0.5) is 11.6 Å². The van der Waals surface area contributed by atoms with Crippen molar-refractivity contribution in [3.05, 3.63) is 24.3 Å². The molecule has 0 radical (unpaired) electrons. The van der Waals surface area contributed by atoms with E-state index >= 15 is 0 Å². The number of rotatable bonds is 4. The summed E-state index contributed by atoms with van der Waals surface area (Å²) in [5.74, 6) is -0.383. The van der Waals surface area contributed by atoms with Gasteiger partial charge in [0.05, 0.1) is 4.90 Å². The Morgan fingerprint density at radius 1 is 1.26 bits per heavy atom. The maximum atomic E-state index is 11.9. The molecule has 3 N–H and O–H groups in total. The lowest BCUT2D eigenvalue weighted by atomic mass is 10.3. The minimum absolute atomic E-state index is 0.0198. The summed E-state index contributed by atoms with van der Waals surface area (Å²) in [7, 11) is -3.78. The maximum Gasteiger partial charge on any atom is 0.276 e. The van der Waals surface area contributed by atoms with Gasteiger partial charge in [0, 0.05) is 12.6 Å². The molecule has 0 saturated heterocycles. The van der Waals surface area contributed by atoms with Gasteiger partial charge in [-0.1, -0.05) is 5.10 Å². The summed E-state index contributed by atoms with van der Waals surface area (Å²) in [5, 5.41) is 14.9. The van der Waals surface area contributed by atoms with Crippen LogP contribution < -0.4 is 10.0 Å². The zero-order valence-electron chi connectivity index (χ0n) is 9.78. The summed E-state index contributed by atoms with van der Waals surface area (Å²) in [6, 6.07) is 5.67. The lowest BCUT2D eigenvalue weighted by Crippen LogP contribution is -2.14. The maximum absolute atomic E-state index is 11.9. The third kappa shape index (κ3) is 3.25. The van der Waals surface area contributed by atoms with Gasteiger partial charge >= 0.3 is 0 Å². The quantitative estimate of drug-likeness (QED) is 0.721. The Morgan fingerprint density at radius 2 is 1.95 bits per heavy atom. The largest absolute Gasteiger partial charge is 0.326 e. The van der Waals surface area contributed by atoms with Crippen molar-refractivity contribution in [1.29, 1.82) is 0 Å². The van der Waals surface area contributed by atoms with Crippen LogP contribution in [0.25, 0.3) is 0 Å². The van der Waals surface area contributed by atoms with Crippen LogP contribution in [0, 0.1) is 0 Å². The third-order valence-corrected chi connectivity index (χ3v) is 3.40. The van der Waals surface area contributed by atoms with Crippen molar-refractivity contribution in [2.75, 3.05) is 10.0 Å². The standard InChI is InChI=1S/C9H10N6O3S/c1-6(16)10-7-2-4-8(5-3-7)19(17,18)13-9-11-14-15-12-9/h2-5H,1H3,(H,10,16)(H2,11,12,13,14,15). The van der Waals surface area contributed by atoms with E-state index in [1.165, 1.54) is 31.2 Å². The number of hydrogen-bond acceptors (Lipinski definition) is 6. The predicted octanol–water partition coefficient (Wildman–Crippen LogP) is -0.0411. The van der Waals surface area contributed by atoms with E-state index in [1.807, 2.05) is 0 Å². The fourth-order valence-electron chi connectivity index (χ4n) is 1.30. The second-order valence-electron chi connectivity index (χ2n) is 3.55. The summed E-state index contributed by atoms with van der Waals surface area (Å²) in [6.07, 6.45) is 0. The molecule has 10 heteroatoms. The van der Waals surface area contributed by atoms with Gasteiger partial charge in [0.15, 0.2) is 0 Å². The average molecular weight is 282 g/mol. The van der Waals surface area contributed by atoms with Crippen molar-refractivity contribution >= 4 is 27.6 Å². The predicted molar refractivity (Wildman–Crippen MR) is 65.7 cm³/mol. The van der Waals surface area contributed by atoms with Gasteiger partial charge in [0.2, 0.25) is 5.91 Å². The van der Waals surface area contributed by atoms with Crippen molar-refractivity contribution in [2.24, 2.45) is 0 Å². The van der Waals surface area contributed by atoms with Crippen LogP contribution in [-0.2, 0) is 14.8 Å². The number of carbonyl (C=O) groups is 1. The topological polar surface area (TPSA) is 130 Å². The van der Waals surface area contributed by atoms with Gasteiger partial charge in [-0.25, -0.2) is 13.1 Å². The molecule has 2 rings (SSSR count). The number of hydrogen-bond donors (Lipinski definition) is 3. The highest BCUT2D eigenvalue weighted by atomic mass is 32.2. The summed E-state index contributed by atoms with van der Waals surface area (Å²) >= 11 is 0. The molecule has 0 bridgehead atoms. The van der Waals surface area contributed by atoms with E-state index in [2.05, 4.69) is 30.7 Å². The molecule has 2 aromatic rings. The van der Waals surface area contributed by atoms with E-state index < -0.39 is 10.0 Å². The molecule has 0 aliphatic carbocycles. The lowest BCUT2D eigenvalue weighted by Gasteiger charge is -2.06. The smallest absolute Gasteiger partial charge is 0.276 e. The number of sulfonamides is 1. The number of aromatic nitrogens is 4. The van der Waals surface area contributed by atoms with Gasteiger partial charge < -0.3 is 5.32 Å². The summed E-state index contributed by atoms with van der Waals surface area (Å²) in [6.45, 7) is 1.36. The second-order valence-corrected chi connectivity index (χ2v) is 5.23. The molecular weight excluding hydrogens is 272 g/mol. The number of carbonyl (C=O) groups excluding carboxylic acids is 1. The first-order chi connectivity index (χ1) is 8.97. The number of tetrazole rings is 1. The molecule has 1 aromatic heterocycles. The second kappa shape index (κ2) is 5.02. The molecule has 0 saturated carbocycles. The normalized spacial score (nSPS) is 11.0. The van der Waals surface area contributed by atoms with E-state index in [0.717, 1.165) is 0 Å². The Bertz CT molecular complexity index is 664. The number of nitrogens with one attached hydrogen (secondary N) is 3. The van der Waals surface area contributed by atoms with Crippen LogP contribution in [0.15, 0.2) is 29.2 Å². The Morgan fingerprint density at radius 3 is 2.47 bits per heavy atom. The van der Waals surface area contributed by atoms with Crippen molar-refractivity contribution in [1.82, 2.24) is 20.6 Å². The van der Waals surface area contributed by atoms with Crippen LogP contribution in [0.3, 0.4) is 0 Å². The van der Waals surface area contributed by atoms with Crippen LogP contribution in [0.1, 0.15) is 6.92 Å². The Hall–Kier alpha value is -2.49. The van der Waals surface area contributed by atoms with Gasteiger partial charge in [-0.2, -0.15) is 5.21 Å².